The fourth-order valence-electron chi connectivity index (χ4n) is 4.34. The third-order valence-corrected chi connectivity index (χ3v) is 7.23. The number of hydrogen-bond acceptors (Lipinski definition) is 8. The Balaban J connectivity index is 1.22. The van der Waals surface area contributed by atoms with Crippen LogP contribution in [-0.2, 0) is 4.74 Å². The van der Waals surface area contributed by atoms with Gasteiger partial charge in [0.25, 0.3) is 11.8 Å². The van der Waals surface area contributed by atoms with Gasteiger partial charge >= 0.3 is 6.09 Å². The number of piperidine rings is 1. The molecule has 1 amide bonds. The second-order valence-corrected chi connectivity index (χ2v) is 9.85. The van der Waals surface area contributed by atoms with Crippen LogP contribution < -0.4 is 14.2 Å². The van der Waals surface area contributed by atoms with Gasteiger partial charge in [-0.05, 0) is 56.7 Å². The molecule has 0 spiro atoms. The summed E-state index contributed by atoms with van der Waals surface area (Å²) in [6.45, 7) is 3.78. The Labute approximate surface area is 202 Å². The van der Waals surface area contributed by atoms with Crippen LogP contribution in [0.3, 0.4) is 0 Å². The summed E-state index contributed by atoms with van der Waals surface area (Å²) in [5.74, 6) is 1.41. The molecular formula is C24H25ClN4O5. The van der Waals surface area contributed by atoms with E-state index >= 15 is 0 Å². The zero-order chi connectivity index (χ0) is 23.9. The molecule has 178 valence electrons. The number of rotatable bonds is 7. The molecule has 1 saturated heterocycles. The van der Waals surface area contributed by atoms with Crippen molar-refractivity contribution in [3.05, 3.63) is 35.1 Å². The van der Waals surface area contributed by atoms with Crippen LogP contribution in [0.15, 0.2) is 24.5 Å². The van der Waals surface area contributed by atoms with Crippen molar-refractivity contribution in [2.24, 2.45) is 11.3 Å². The van der Waals surface area contributed by atoms with E-state index in [1.807, 2.05) is 17.9 Å². The number of nitriles is 1. The van der Waals surface area contributed by atoms with Gasteiger partial charge in [-0.3, -0.25) is 0 Å². The number of likely N-dealkylation sites (tertiary alicyclic amines) is 1. The van der Waals surface area contributed by atoms with E-state index in [0.29, 0.717) is 36.9 Å². The number of ether oxygens (including phenoxy) is 4. The molecule has 3 fully saturated rings. The molecule has 5 rings (SSSR count). The highest BCUT2D eigenvalue weighted by Crippen LogP contribution is 2.58. The summed E-state index contributed by atoms with van der Waals surface area (Å²) in [5, 5.41) is 9.29. The van der Waals surface area contributed by atoms with Gasteiger partial charge in [-0.15, -0.1) is 0 Å². The first-order valence-corrected chi connectivity index (χ1v) is 11.6. The molecule has 1 aromatic heterocycles. The van der Waals surface area contributed by atoms with E-state index in [1.54, 1.807) is 12.1 Å². The summed E-state index contributed by atoms with van der Waals surface area (Å²) in [5.41, 5.74) is 0.187. The van der Waals surface area contributed by atoms with Gasteiger partial charge in [0.2, 0.25) is 5.75 Å². The second kappa shape index (κ2) is 8.51. The normalized spacial score (nSPS) is 23.8. The molecule has 0 N–H and O–H groups in total. The highest BCUT2D eigenvalue weighted by atomic mass is 35.5. The van der Waals surface area contributed by atoms with E-state index in [4.69, 9.17) is 35.8 Å². The van der Waals surface area contributed by atoms with Gasteiger partial charge in [-0.25, -0.2) is 4.79 Å². The van der Waals surface area contributed by atoms with Gasteiger partial charge in [0.1, 0.15) is 17.7 Å². The Morgan fingerprint density at radius 3 is 2.76 bits per heavy atom. The molecule has 2 unspecified atom stereocenters. The number of aromatic nitrogens is 2. The summed E-state index contributed by atoms with van der Waals surface area (Å²) in [6, 6.07) is 6.74. The van der Waals surface area contributed by atoms with E-state index in [-0.39, 0.29) is 39.6 Å². The smallest absolute Gasteiger partial charge is 0.410 e. The van der Waals surface area contributed by atoms with Crippen molar-refractivity contribution in [2.45, 2.75) is 38.2 Å². The molecule has 2 atom stereocenters. The fourth-order valence-corrected chi connectivity index (χ4v) is 4.56. The first kappa shape index (κ1) is 22.5. The molecule has 2 aromatic rings. The lowest BCUT2D eigenvalue weighted by atomic mass is 9.96. The lowest BCUT2D eigenvalue weighted by molar-refractivity contribution is 0.0438. The van der Waals surface area contributed by atoms with Crippen molar-refractivity contribution in [3.63, 3.8) is 0 Å². The highest BCUT2D eigenvalue weighted by molar-refractivity contribution is 6.32. The van der Waals surface area contributed by atoms with Crippen LogP contribution in [0, 0.1) is 22.7 Å². The van der Waals surface area contributed by atoms with Gasteiger partial charge < -0.3 is 23.8 Å². The topological polar surface area (TPSA) is 107 Å². The maximum atomic E-state index is 12.4. The largest absolute Gasteiger partial charge is 0.487 e. The van der Waals surface area contributed by atoms with Crippen molar-refractivity contribution in [2.75, 3.05) is 26.8 Å². The summed E-state index contributed by atoms with van der Waals surface area (Å²) >= 11 is 6.22. The van der Waals surface area contributed by atoms with E-state index < -0.39 is 0 Å². The molecule has 0 radical (unpaired) electrons. The van der Waals surface area contributed by atoms with Crippen molar-refractivity contribution in [1.82, 2.24) is 14.9 Å². The monoisotopic (exact) mass is 484 g/mol. The summed E-state index contributed by atoms with van der Waals surface area (Å²) in [4.78, 5) is 22.6. The number of nitrogens with zero attached hydrogens (tertiary/aromatic N) is 4. The third-order valence-electron chi connectivity index (χ3n) is 6.93. The lowest BCUT2D eigenvalue weighted by Gasteiger charge is -2.31. The van der Waals surface area contributed by atoms with Crippen LogP contribution in [0.5, 0.6) is 23.3 Å². The third kappa shape index (κ3) is 4.42. The SMILES string of the molecule is COc1c(OCC23CCN(C(=O)OC4(C)CC4)CC2C3)ncnc1Oc1ccc(C#N)cc1Cl. The highest BCUT2D eigenvalue weighted by Gasteiger charge is 2.58. The van der Waals surface area contributed by atoms with Crippen LogP contribution in [0.1, 0.15) is 38.2 Å². The Hall–Kier alpha value is -3.25. The lowest BCUT2D eigenvalue weighted by Crippen LogP contribution is -2.42. The Kier molecular flexibility index (Phi) is 5.64. The van der Waals surface area contributed by atoms with Crippen molar-refractivity contribution >= 4 is 17.7 Å². The number of benzene rings is 1. The van der Waals surface area contributed by atoms with Crippen LogP contribution in [-0.4, -0.2) is 53.4 Å². The molecule has 34 heavy (non-hydrogen) atoms. The molecule has 0 bridgehead atoms. The minimum Gasteiger partial charge on any atom is -0.487 e. The summed E-state index contributed by atoms with van der Waals surface area (Å²) in [6.07, 6.45) is 4.86. The van der Waals surface area contributed by atoms with Gasteiger partial charge in [-0.2, -0.15) is 15.2 Å². The predicted octanol–water partition coefficient (Wildman–Crippen LogP) is 4.58. The van der Waals surface area contributed by atoms with Crippen LogP contribution >= 0.6 is 11.6 Å². The van der Waals surface area contributed by atoms with Crippen molar-refractivity contribution in [3.8, 4) is 29.3 Å². The fraction of sp³-hybridized carbons (Fsp3) is 0.500. The molecular weight excluding hydrogens is 460 g/mol. The van der Waals surface area contributed by atoms with Gasteiger partial charge in [-0.1, -0.05) is 11.6 Å². The number of halogens is 1. The molecule has 9 nitrogen and oxygen atoms in total. The van der Waals surface area contributed by atoms with E-state index in [9.17, 15) is 4.79 Å². The van der Waals surface area contributed by atoms with Crippen molar-refractivity contribution in [1.29, 1.82) is 5.26 Å². The molecule has 2 heterocycles. The molecule has 1 aromatic carbocycles. The number of carbonyl (C=O) groups is 1. The quantitative estimate of drug-likeness (QED) is 0.562. The predicted molar refractivity (Wildman–Crippen MR) is 121 cm³/mol. The average molecular weight is 485 g/mol. The van der Waals surface area contributed by atoms with E-state index in [0.717, 1.165) is 25.7 Å². The number of hydrogen-bond donors (Lipinski definition) is 0. The standard InChI is InChI=1S/C24H25ClN4O5/c1-23(5-6-23)34-22(30)29-8-7-24(10-16(24)12-29)13-32-20-19(31-2)21(28-14-27-20)33-18-4-3-15(11-26)9-17(18)25/h3-4,9,14,16H,5-8,10,12-13H2,1-2H3. The number of amides is 1. The minimum absolute atomic E-state index is 0.0215. The average Bonchev–Trinajstić information content (AvgIpc) is 3.74. The zero-order valence-electron chi connectivity index (χ0n) is 19.0. The molecule has 2 saturated carbocycles. The van der Waals surface area contributed by atoms with Crippen LogP contribution in [0.4, 0.5) is 4.79 Å². The number of carbonyl (C=O) groups excluding carboxylic acids is 1. The number of fused-ring (bicyclic) bond motifs is 1. The zero-order valence-corrected chi connectivity index (χ0v) is 19.8. The number of methoxy groups -OCH3 is 1. The maximum absolute atomic E-state index is 12.4. The first-order chi connectivity index (χ1) is 16.3. The molecule has 1 aliphatic heterocycles. The Morgan fingerprint density at radius 2 is 2.09 bits per heavy atom. The second-order valence-electron chi connectivity index (χ2n) is 9.44. The van der Waals surface area contributed by atoms with Crippen LogP contribution in [0.25, 0.3) is 0 Å². The molecule has 3 aliphatic rings. The van der Waals surface area contributed by atoms with Crippen molar-refractivity contribution < 1.29 is 23.7 Å². The van der Waals surface area contributed by atoms with Gasteiger partial charge in [0, 0.05) is 18.5 Å². The van der Waals surface area contributed by atoms with E-state index in [1.165, 1.54) is 19.5 Å². The van der Waals surface area contributed by atoms with Gasteiger partial charge in [0.05, 0.1) is 30.4 Å². The maximum Gasteiger partial charge on any atom is 0.410 e. The van der Waals surface area contributed by atoms with Crippen LogP contribution in [0.2, 0.25) is 5.02 Å². The van der Waals surface area contributed by atoms with Gasteiger partial charge in [0.15, 0.2) is 0 Å². The summed E-state index contributed by atoms with van der Waals surface area (Å²) < 4.78 is 23.0. The molecule has 2 aliphatic carbocycles. The Morgan fingerprint density at radius 1 is 1.29 bits per heavy atom. The minimum atomic E-state index is -0.260. The molecule has 10 heteroatoms. The first-order valence-electron chi connectivity index (χ1n) is 11.2. The Bertz CT molecular complexity index is 1160. The van der Waals surface area contributed by atoms with E-state index in [2.05, 4.69) is 9.97 Å². The summed E-state index contributed by atoms with van der Waals surface area (Å²) in [7, 11) is 1.49.